The van der Waals surface area contributed by atoms with Crippen LogP contribution in [0.15, 0.2) is 28.8 Å². The Labute approximate surface area is 110 Å². The van der Waals surface area contributed by atoms with Crippen molar-refractivity contribution in [2.75, 3.05) is 6.61 Å². The molecule has 6 nitrogen and oxygen atoms in total. The fourth-order valence-corrected chi connectivity index (χ4v) is 1.69. The van der Waals surface area contributed by atoms with Crippen molar-refractivity contribution in [2.45, 2.75) is 20.0 Å². The number of carboxylic acid groups (broad SMARTS) is 1. The lowest BCUT2D eigenvalue weighted by Gasteiger charge is -2.04. The molecule has 0 aliphatic heterocycles. The second kappa shape index (κ2) is 5.62. The SMILES string of the molecule is CCOC(C)c1noc(-c2ccccc2C(=O)O)n1. The molecule has 0 amide bonds. The quantitative estimate of drug-likeness (QED) is 0.891. The number of hydrogen-bond donors (Lipinski definition) is 1. The Morgan fingerprint density at radius 2 is 2.21 bits per heavy atom. The maximum Gasteiger partial charge on any atom is 0.336 e. The standard InChI is InChI=1S/C13H14N2O4/c1-3-18-8(2)11-14-12(19-15-11)9-6-4-5-7-10(9)13(16)17/h4-8H,3H2,1-2H3,(H,16,17). The Morgan fingerprint density at radius 3 is 2.89 bits per heavy atom. The van der Waals surface area contributed by atoms with Gasteiger partial charge in [-0.25, -0.2) is 4.79 Å². The van der Waals surface area contributed by atoms with E-state index in [9.17, 15) is 4.79 Å². The average Bonchev–Trinajstić information content (AvgIpc) is 2.88. The van der Waals surface area contributed by atoms with Gasteiger partial charge >= 0.3 is 5.97 Å². The van der Waals surface area contributed by atoms with Gasteiger partial charge in [-0.3, -0.25) is 0 Å². The predicted molar refractivity (Wildman–Crippen MR) is 66.7 cm³/mol. The number of carbonyl (C=O) groups is 1. The van der Waals surface area contributed by atoms with Crippen LogP contribution in [0.1, 0.15) is 36.1 Å². The molecule has 0 aliphatic rings. The highest BCUT2D eigenvalue weighted by Crippen LogP contribution is 2.24. The molecule has 0 aliphatic carbocycles. The zero-order chi connectivity index (χ0) is 13.8. The molecular weight excluding hydrogens is 248 g/mol. The maximum absolute atomic E-state index is 11.1. The van der Waals surface area contributed by atoms with Crippen LogP contribution in [0.2, 0.25) is 0 Å². The van der Waals surface area contributed by atoms with E-state index < -0.39 is 5.97 Å². The fourth-order valence-electron chi connectivity index (χ4n) is 1.69. The van der Waals surface area contributed by atoms with Crippen LogP contribution in [0.3, 0.4) is 0 Å². The van der Waals surface area contributed by atoms with Gasteiger partial charge in [-0.05, 0) is 26.0 Å². The molecule has 100 valence electrons. The molecule has 0 bridgehead atoms. The van der Waals surface area contributed by atoms with Crippen molar-refractivity contribution in [1.82, 2.24) is 10.1 Å². The highest BCUT2D eigenvalue weighted by Gasteiger charge is 2.19. The van der Waals surface area contributed by atoms with Gasteiger partial charge in [0.2, 0.25) is 5.82 Å². The summed E-state index contributed by atoms with van der Waals surface area (Å²) in [5, 5.41) is 12.9. The Balaban J connectivity index is 2.35. The molecule has 0 fully saturated rings. The zero-order valence-corrected chi connectivity index (χ0v) is 10.7. The molecule has 0 radical (unpaired) electrons. The summed E-state index contributed by atoms with van der Waals surface area (Å²) in [4.78, 5) is 15.3. The molecular formula is C13H14N2O4. The van der Waals surface area contributed by atoms with Crippen molar-refractivity contribution in [1.29, 1.82) is 0 Å². The third kappa shape index (κ3) is 2.79. The Kier molecular flexibility index (Phi) is 3.91. The van der Waals surface area contributed by atoms with Gasteiger partial charge in [0.15, 0.2) is 0 Å². The van der Waals surface area contributed by atoms with Crippen LogP contribution in [0, 0.1) is 0 Å². The Bertz CT molecular complexity index is 580. The third-order valence-corrected chi connectivity index (χ3v) is 2.61. The number of ether oxygens (including phenoxy) is 1. The van der Waals surface area contributed by atoms with Gasteiger partial charge in [-0.1, -0.05) is 17.3 Å². The number of hydrogen-bond acceptors (Lipinski definition) is 5. The van der Waals surface area contributed by atoms with Gasteiger partial charge in [-0.15, -0.1) is 0 Å². The number of benzene rings is 1. The monoisotopic (exact) mass is 262 g/mol. The van der Waals surface area contributed by atoms with Crippen LogP contribution < -0.4 is 0 Å². The molecule has 2 rings (SSSR count). The van der Waals surface area contributed by atoms with Gasteiger partial charge in [-0.2, -0.15) is 4.98 Å². The number of nitrogens with zero attached hydrogens (tertiary/aromatic N) is 2. The van der Waals surface area contributed by atoms with Crippen molar-refractivity contribution >= 4 is 5.97 Å². The zero-order valence-electron chi connectivity index (χ0n) is 10.7. The molecule has 1 aromatic carbocycles. The first-order valence-corrected chi connectivity index (χ1v) is 5.91. The van der Waals surface area contributed by atoms with Crippen LogP contribution in [0.25, 0.3) is 11.5 Å². The normalized spacial score (nSPS) is 12.3. The van der Waals surface area contributed by atoms with Crippen LogP contribution in [0.4, 0.5) is 0 Å². The van der Waals surface area contributed by atoms with Gasteiger partial charge in [0.05, 0.1) is 11.1 Å². The van der Waals surface area contributed by atoms with Gasteiger partial charge in [0.1, 0.15) is 6.10 Å². The summed E-state index contributed by atoms with van der Waals surface area (Å²) in [6, 6.07) is 6.49. The van der Waals surface area contributed by atoms with Crippen LogP contribution >= 0.6 is 0 Å². The second-order valence-electron chi connectivity index (χ2n) is 3.91. The van der Waals surface area contributed by atoms with E-state index in [0.717, 1.165) is 0 Å². The summed E-state index contributed by atoms with van der Waals surface area (Å²) in [5.41, 5.74) is 0.527. The van der Waals surface area contributed by atoms with E-state index in [1.54, 1.807) is 25.1 Å². The van der Waals surface area contributed by atoms with Crippen molar-refractivity contribution in [3.8, 4) is 11.5 Å². The third-order valence-electron chi connectivity index (χ3n) is 2.61. The number of rotatable bonds is 5. The molecule has 1 N–H and O–H groups in total. The lowest BCUT2D eigenvalue weighted by atomic mass is 10.1. The van der Waals surface area contributed by atoms with Crippen LogP contribution in [-0.4, -0.2) is 27.8 Å². The Morgan fingerprint density at radius 1 is 1.47 bits per heavy atom. The topological polar surface area (TPSA) is 85.5 Å². The number of aromatic nitrogens is 2. The second-order valence-corrected chi connectivity index (χ2v) is 3.91. The van der Waals surface area contributed by atoms with Gasteiger partial charge in [0.25, 0.3) is 5.89 Å². The Hall–Kier alpha value is -2.21. The molecule has 0 saturated carbocycles. The fraction of sp³-hybridized carbons (Fsp3) is 0.308. The number of carboxylic acids is 1. The summed E-state index contributed by atoms with van der Waals surface area (Å²) < 4.78 is 10.5. The van der Waals surface area contributed by atoms with Crippen LogP contribution in [-0.2, 0) is 4.74 Å². The smallest absolute Gasteiger partial charge is 0.336 e. The number of aromatic carboxylic acids is 1. The molecule has 0 saturated heterocycles. The lowest BCUT2D eigenvalue weighted by molar-refractivity contribution is 0.0682. The maximum atomic E-state index is 11.1. The molecule has 19 heavy (non-hydrogen) atoms. The van der Waals surface area contributed by atoms with Crippen molar-refractivity contribution in [3.05, 3.63) is 35.7 Å². The molecule has 2 aromatic rings. The largest absolute Gasteiger partial charge is 0.478 e. The van der Waals surface area contributed by atoms with E-state index >= 15 is 0 Å². The average molecular weight is 262 g/mol. The summed E-state index contributed by atoms with van der Waals surface area (Å²) in [5.74, 6) is -0.454. The molecule has 0 spiro atoms. The first-order chi connectivity index (χ1) is 9.13. The minimum Gasteiger partial charge on any atom is -0.478 e. The van der Waals surface area contributed by atoms with Crippen LogP contribution in [0.5, 0.6) is 0 Å². The van der Waals surface area contributed by atoms with Crippen molar-refractivity contribution < 1.29 is 19.2 Å². The highest BCUT2D eigenvalue weighted by atomic mass is 16.5. The summed E-state index contributed by atoms with van der Waals surface area (Å²) in [6.07, 6.45) is -0.292. The van der Waals surface area contributed by atoms with E-state index in [2.05, 4.69) is 10.1 Å². The lowest BCUT2D eigenvalue weighted by Crippen LogP contribution is -2.02. The highest BCUT2D eigenvalue weighted by molar-refractivity contribution is 5.94. The predicted octanol–water partition coefficient (Wildman–Crippen LogP) is 2.53. The van der Waals surface area contributed by atoms with E-state index in [1.165, 1.54) is 6.07 Å². The van der Waals surface area contributed by atoms with Gasteiger partial charge in [0, 0.05) is 6.61 Å². The molecule has 1 unspecified atom stereocenters. The molecule has 1 atom stereocenters. The van der Waals surface area contributed by atoms with E-state index in [0.29, 0.717) is 18.0 Å². The van der Waals surface area contributed by atoms with E-state index in [4.69, 9.17) is 14.4 Å². The molecule has 6 heteroatoms. The molecule has 1 heterocycles. The van der Waals surface area contributed by atoms with Crippen molar-refractivity contribution in [2.24, 2.45) is 0 Å². The minimum atomic E-state index is -1.03. The summed E-state index contributed by atoms with van der Waals surface area (Å²) in [7, 11) is 0. The first kappa shape index (κ1) is 13.2. The summed E-state index contributed by atoms with van der Waals surface area (Å²) >= 11 is 0. The van der Waals surface area contributed by atoms with E-state index in [1.807, 2.05) is 6.92 Å². The van der Waals surface area contributed by atoms with Gasteiger partial charge < -0.3 is 14.4 Å². The summed E-state index contributed by atoms with van der Waals surface area (Å²) in [6.45, 7) is 4.22. The van der Waals surface area contributed by atoms with E-state index in [-0.39, 0.29) is 17.6 Å². The molecule has 1 aromatic heterocycles. The first-order valence-electron chi connectivity index (χ1n) is 5.91. The minimum absolute atomic E-state index is 0.127. The van der Waals surface area contributed by atoms with Crippen molar-refractivity contribution in [3.63, 3.8) is 0 Å².